The van der Waals surface area contributed by atoms with Crippen LogP contribution >= 0.6 is 11.3 Å². The molecule has 1 N–H and O–H groups in total. The number of aromatic nitrogens is 2. The standard InChI is InChI=1S/C16H13F2N3O3S2/c1-9-6-7-13(25-9)26(23,24)20-16(22)12-8-21(2)15(19-12)14-10(17)4-3-5-11(14)18/h3-8H,1-2H3,(H,20,22). The van der Waals surface area contributed by atoms with Gasteiger partial charge in [-0.05, 0) is 31.2 Å². The van der Waals surface area contributed by atoms with Crippen LogP contribution in [0.1, 0.15) is 15.4 Å². The van der Waals surface area contributed by atoms with Gasteiger partial charge in [-0.1, -0.05) is 6.07 Å². The molecular weight excluding hydrogens is 384 g/mol. The van der Waals surface area contributed by atoms with Gasteiger partial charge in [-0.25, -0.2) is 26.9 Å². The molecule has 6 nitrogen and oxygen atoms in total. The van der Waals surface area contributed by atoms with Crippen molar-refractivity contribution in [2.45, 2.75) is 11.1 Å². The maximum absolute atomic E-state index is 13.9. The van der Waals surface area contributed by atoms with Crippen molar-refractivity contribution in [3.63, 3.8) is 0 Å². The van der Waals surface area contributed by atoms with Crippen LogP contribution in [0.15, 0.2) is 40.7 Å². The minimum atomic E-state index is -4.05. The van der Waals surface area contributed by atoms with Crippen LogP contribution in [0.2, 0.25) is 0 Å². The number of carbonyl (C=O) groups is 1. The molecule has 0 fully saturated rings. The minimum Gasteiger partial charge on any atom is -0.333 e. The van der Waals surface area contributed by atoms with Crippen LogP contribution in [-0.4, -0.2) is 23.9 Å². The van der Waals surface area contributed by atoms with Crippen LogP contribution in [0.25, 0.3) is 11.4 Å². The predicted molar refractivity (Wildman–Crippen MR) is 92.3 cm³/mol. The SMILES string of the molecule is Cc1ccc(S(=O)(=O)NC(=O)c2cn(C)c(-c3c(F)cccc3F)n2)s1. The van der Waals surface area contributed by atoms with Crippen LogP contribution in [0, 0.1) is 18.6 Å². The molecule has 26 heavy (non-hydrogen) atoms. The van der Waals surface area contributed by atoms with Crippen molar-refractivity contribution >= 4 is 27.3 Å². The molecule has 0 saturated heterocycles. The zero-order valence-corrected chi connectivity index (χ0v) is 15.3. The van der Waals surface area contributed by atoms with Gasteiger partial charge in [0.05, 0.1) is 5.56 Å². The molecule has 10 heteroatoms. The summed E-state index contributed by atoms with van der Waals surface area (Å²) in [5, 5.41) is 0. The number of hydrogen-bond donors (Lipinski definition) is 1. The van der Waals surface area contributed by atoms with E-state index in [0.29, 0.717) is 0 Å². The van der Waals surface area contributed by atoms with Gasteiger partial charge in [0.2, 0.25) is 0 Å². The Labute approximate surface area is 152 Å². The number of nitrogens with one attached hydrogen (secondary N) is 1. The van der Waals surface area contributed by atoms with Gasteiger partial charge in [0.25, 0.3) is 15.9 Å². The summed E-state index contributed by atoms with van der Waals surface area (Å²) in [6, 6.07) is 6.34. The highest BCUT2D eigenvalue weighted by Crippen LogP contribution is 2.25. The van der Waals surface area contributed by atoms with Crippen molar-refractivity contribution in [3.05, 3.63) is 58.7 Å². The zero-order valence-electron chi connectivity index (χ0n) is 13.7. The second-order valence-corrected chi connectivity index (χ2v) is 8.65. The van der Waals surface area contributed by atoms with Crippen molar-refractivity contribution in [2.24, 2.45) is 7.05 Å². The highest BCUT2D eigenvalue weighted by molar-refractivity contribution is 7.92. The van der Waals surface area contributed by atoms with Crippen LogP contribution in [0.4, 0.5) is 8.78 Å². The number of imidazole rings is 1. The summed E-state index contributed by atoms with van der Waals surface area (Å²) in [6.45, 7) is 1.74. The van der Waals surface area contributed by atoms with Crippen LogP contribution in [-0.2, 0) is 17.1 Å². The molecule has 0 radical (unpaired) electrons. The Morgan fingerprint density at radius 3 is 2.42 bits per heavy atom. The summed E-state index contributed by atoms with van der Waals surface area (Å²) in [7, 11) is -2.60. The second-order valence-electron chi connectivity index (χ2n) is 5.46. The molecule has 3 rings (SSSR count). The maximum atomic E-state index is 13.9. The van der Waals surface area contributed by atoms with E-state index in [4.69, 9.17) is 0 Å². The number of halogens is 2. The molecule has 3 aromatic rings. The Morgan fingerprint density at radius 2 is 1.85 bits per heavy atom. The van der Waals surface area contributed by atoms with E-state index < -0.39 is 33.1 Å². The van der Waals surface area contributed by atoms with Crippen LogP contribution in [0.5, 0.6) is 0 Å². The monoisotopic (exact) mass is 397 g/mol. The first kappa shape index (κ1) is 18.2. The van der Waals surface area contributed by atoms with E-state index in [2.05, 4.69) is 4.98 Å². The Morgan fingerprint density at radius 1 is 1.19 bits per heavy atom. The number of carbonyl (C=O) groups excluding carboxylic acids is 1. The normalized spacial score (nSPS) is 11.5. The Hall–Kier alpha value is -2.59. The lowest BCUT2D eigenvalue weighted by molar-refractivity contribution is 0.0977. The third-order valence-corrected chi connectivity index (χ3v) is 6.33. The van der Waals surface area contributed by atoms with E-state index in [1.807, 2.05) is 4.72 Å². The predicted octanol–water partition coefficient (Wildman–Crippen LogP) is 2.85. The van der Waals surface area contributed by atoms with E-state index in [0.717, 1.165) is 28.3 Å². The first-order valence-electron chi connectivity index (χ1n) is 7.30. The molecule has 0 unspecified atom stereocenters. The van der Waals surface area contributed by atoms with Gasteiger partial charge in [0.1, 0.15) is 27.4 Å². The molecule has 0 aliphatic rings. The van der Waals surface area contributed by atoms with Gasteiger partial charge < -0.3 is 4.57 Å². The fourth-order valence-corrected chi connectivity index (χ4v) is 4.54. The summed E-state index contributed by atoms with van der Waals surface area (Å²) >= 11 is 1.01. The number of rotatable bonds is 4. The largest absolute Gasteiger partial charge is 0.333 e. The Bertz CT molecular complexity index is 1080. The lowest BCUT2D eigenvalue weighted by Crippen LogP contribution is -2.30. The smallest absolute Gasteiger partial charge is 0.285 e. The summed E-state index contributed by atoms with van der Waals surface area (Å²) in [5.41, 5.74) is -0.673. The first-order valence-corrected chi connectivity index (χ1v) is 9.60. The third-order valence-electron chi connectivity index (χ3n) is 3.50. The van der Waals surface area contributed by atoms with Crippen molar-refractivity contribution in [1.82, 2.24) is 14.3 Å². The molecule has 0 aliphatic carbocycles. The molecule has 136 valence electrons. The Balaban J connectivity index is 1.93. The molecule has 0 saturated carbocycles. The average Bonchev–Trinajstić information content (AvgIpc) is 3.14. The van der Waals surface area contributed by atoms with Gasteiger partial charge >= 0.3 is 0 Å². The van der Waals surface area contributed by atoms with Crippen LogP contribution in [0.3, 0.4) is 0 Å². The lowest BCUT2D eigenvalue weighted by atomic mass is 10.2. The topological polar surface area (TPSA) is 81.1 Å². The van der Waals surface area contributed by atoms with E-state index in [-0.39, 0.29) is 15.7 Å². The molecule has 1 aromatic carbocycles. The third kappa shape index (κ3) is 3.37. The van der Waals surface area contributed by atoms with Gasteiger partial charge in [-0.2, -0.15) is 0 Å². The van der Waals surface area contributed by atoms with Crippen LogP contribution < -0.4 is 4.72 Å². The van der Waals surface area contributed by atoms with Crippen molar-refractivity contribution in [1.29, 1.82) is 0 Å². The maximum Gasteiger partial charge on any atom is 0.285 e. The molecule has 1 amide bonds. The Kier molecular flexibility index (Phi) is 4.63. The van der Waals surface area contributed by atoms with E-state index in [1.165, 1.54) is 29.9 Å². The summed E-state index contributed by atoms with van der Waals surface area (Å²) < 4.78 is 55.4. The lowest BCUT2D eigenvalue weighted by Gasteiger charge is -2.04. The number of amides is 1. The molecular formula is C16H13F2N3O3S2. The number of nitrogens with zero attached hydrogens (tertiary/aromatic N) is 2. The van der Waals surface area contributed by atoms with Gasteiger partial charge in [0, 0.05) is 18.1 Å². The fourth-order valence-electron chi connectivity index (χ4n) is 2.30. The van der Waals surface area contributed by atoms with Crippen molar-refractivity contribution in [2.75, 3.05) is 0 Å². The minimum absolute atomic E-state index is 0.0142. The molecule has 0 aliphatic heterocycles. The number of sulfonamides is 1. The van der Waals surface area contributed by atoms with E-state index in [1.54, 1.807) is 13.0 Å². The quantitative estimate of drug-likeness (QED) is 0.734. The number of thiophene rings is 1. The first-order chi connectivity index (χ1) is 12.2. The average molecular weight is 397 g/mol. The molecule has 2 aromatic heterocycles. The molecule has 0 atom stereocenters. The second kappa shape index (κ2) is 6.61. The van der Waals surface area contributed by atoms with E-state index >= 15 is 0 Å². The highest BCUT2D eigenvalue weighted by Gasteiger charge is 2.24. The van der Waals surface area contributed by atoms with Gasteiger partial charge in [0.15, 0.2) is 0 Å². The molecule has 2 heterocycles. The summed E-state index contributed by atoms with van der Waals surface area (Å²) in [4.78, 5) is 16.9. The van der Waals surface area contributed by atoms with Crippen molar-refractivity contribution < 1.29 is 22.0 Å². The fraction of sp³-hybridized carbons (Fsp3) is 0.125. The molecule has 0 spiro atoms. The van der Waals surface area contributed by atoms with Gasteiger partial charge in [-0.3, -0.25) is 4.79 Å². The number of benzene rings is 1. The van der Waals surface area contributed by atoms with Crippen molar-refractivity contribution in [3.8, 4) is 11.4 Å². The summed E-state index contributed by atoms with van der Waals surface area (Å²) in [5.74, 6) is -2.80. The number of hydrogen-bond acceptors (Lipinski definition) is 5. The summed E-state index contributed by atoms with van der Waals surface area (Å²) in [6.07, 6.45) is 1.20. The van der Waals surface area contributed by atoms with Gasteiger partial charge in [-0.15, -0.1) is 11.3 Å². The zero-order chi connectivity index (χ0) is 19.1. The number of aryl methyl sites for hydroxylation is 2. The van der Waals surface area contributed by atoms with E-state index in [9.17, 15) is 22.0 Å². The molecule has 0 bridgehead atoms. The highest BCUT2D eigenvalue weighted by atomic mass is 32.2.